The number of aryl methyl sites for hydroxylation is 2. The molecule has 0 fully saturated rings. The zero-order valence-electron chi connectivity index (χ0n) is 19.4. The third-order valence-electron chi connectivity index (χ3n) is 5.45. The maximum atomic E-state index is 13.5. The van der Waals surface area contributed by atoms with Crippen molar-refractivity contribution in [1.82, 2.24) is 10.2 Å². The maximum absolute atomic E-state index is 13.5. The van der Waals surface area contributed by atoms with Crippen LogP contribution in [0, 0.1) is 13.8 Å². The van der Waals surface area contributed by atoms with Crippen molar-refractivity contribution in [2.24, 2.45) is 0 Å². The number of carbonyl (C=O) groups is 2. The highest BCUT2D eigenvalue weighted by Gasteiger charge is 2.31. The first-order valence-electron chi connectivity index (χ1n) is 10.4. The van der Waals surface area contributed by atoms with Crippen molar-refractivity contribution in [1.29, 1.82) is 0 Å². The zero-order chi connectivity index (χ0) is 24.9. The second kappa shape index (κ2) is 11.2. The Balaban J connectivity index is 2.48. The number of nitrogens with one attached hydrogen (secondary N) is 1. The van der Waals surface area contributed by atoms with Crippen LogP contribution in [0.4, 0.5) is 5.69 Å². The molecule has 10 heteroatoms. The van der Waals surface area contributed by atoms with Gasteiger partial charge in [-0.25, -0.2) is 8.42 Å². The van der Waals surface area contributed by atoms with Crippen molar-refractivity contribution in [2.45, 2.75) is 39.8 Å². The number of nitrogens with zero attached hydrogens (tertiary/aromatic N) is 2. The average molecular weight is 514 g/mol. The summed E-state index contributed by atoms with van der Waals surface area (Å²) in [6.45, 7) is 5.13. The van der Waals surface area contributed by atoms with Gasteiger partial charge in [0.05, 0.1) is 11.9 Å². The van der Waals surface area contributed by atoms with Crippen LogP contribution in [0.15, 0.2) is 36.4 Å². The van der Waals surface area contributed by atoms with Gasteiger partial charge in [-0.15, -0.1) is 0 Å². The molecule has 33 heavy (non-hydrogen) atoms. The quantitative estimate of drug-likeness (QED) is 0.550. The molecule has 0 bridgehead atoms. The fourth-order valence-electron chi connectivity index (χ4n) is 3.41. The first-order chi connectivity index (χ1) is 15.4. The maximum Gasteiger partial charge on any atom is 0.244 e. The van der Waals surface area contributed by atoms with Crippen LogP contribution in [-0.4, -0.2) is 51.0 Å². The van der Waals surface area contributed by atoms with E-state index in [4.69, 9.17) is 23.2 Å². The van der Waals surface area contributed by atoms with E-state index >= 15 is 0 Å². The average Bonchev–Trinajstić information content (AvgIpc) is 2.74. The van der Waals surface area contributed by atoms with Crippen LogP contribution >= 0.6 is 23.2 Å². The Morgan fingerprint density at radius 2 is 1.73 bits per heavy atom. The smallest absolute Gasteiger partial charge is 0.244 e. The van der Waals surface area contributed by atoms with E-state index in [2.05, 4.69) is 5.32 Å². The van der Waals surface area contributed by atoms with Gasteiger partial charge in [0, 0.05) is 23.6 Å². The van der Waals surface area contributed by atoms with Crippen molar-refractivity contribution in [3.63, 3.8) is 0 Å². The number of hydrogen-bond donors (Lipinski definition) is 1. The van der Waals surface area contributed by atoms with E-state index in [0.29, 0.717) is 27.7 Å². The number of anilines is 1. The predicted octanol–water partition coefficient (Wildman–Crippen LogP) is 3.93. The molecule has 2 aromatic rings. The van der Waals surface area contributed by atoms with Crippen molar-refractivity contribution >= 4 is 50.7 Å². The van der Waals surface area contributed by atoms with Gasteiger partial charge < -0.3 is 10.2 Å². The lowest BCUT2D eigenvalue weighted by atomic mass is 10.1. The monoisotopic (exact) mass is 513 g/mol. The molecular formula is C23H29Cl2N3O4S. The Morgan fingerprint density at radius 3 is 2.24 bits per heavy atom. The minimum absolute atomic E-state index is 0.0191. The number of benzene rings is 2. The first-order valence-corrected chi connectivity index (χ1v) is 13.0. The lowest BCUT2D eigenvalue weighted by molar-refractivity contribution is -0.140. The van der Waals surface area contributed by atoms with Crippen LogP contribution < -0.4 is 9.62 Å². The molecule has 0 aliphatic carbocycles. The fraction of sp³-hybridized carbons (Fsp3) is 0.391. The van der Waals surface area contributed by atoms with E-state index < -0.39 is 28.5 Å². The van der Waals surface area contributed by atoms with Crippen molar-refractivity contribution in [2.75, 3.05) is 24.2 Å². The third-order valence-corrected chi connectivity index (χ3v) is 7.17. The summed E-state index contributed by atoms with van der Waals surface area (Å²) in [5.74, 6) is -0.881. The van der Waals surface area contributed by atoms with Crippen LogP contribution in [-0.2, 0) is 26.2 Å². The summed E-state index contributed by atoms with van der Waals surface area (Å²) in [6, 6.07) is 9.25. The van der Waals surface area contributed by atoms with Gasteiger partial charge in [-0.2, -0.15) is 0 Å². The van der Waals surface area contributed by atoms with E-state index in [1.54, 1.807) is 43.3 Å². The Kier molecular flexibility index (Phi) is 9.17. The van der Waals surface area contributed by atoms with Gasteiger partial charge in [0.15, 0.2) is 0 Å². The molecule has 2 aromatic carbocycles. The van der Waals surface area contributed by atoms with Crippen molar-refractivity contribution in [3.8, 4) is 0 Å². The summed E-state index contributed by atoms with van der Waals surface area (Å²) >= 11 is 12.3. The van der Waals surface area contributed by atoms with E-state index in [1.807, 2.05) is 13.8 Å². The minimum atomic E-state index is -3.78. The number of sulfonamides is 1. The molecule has 180 valence electrons. The summed E-state index contributed by atoms with van der Waals surface area (Å²) in [5, 5.41) is 3.36. The molecule has 1 N–H and O–H groups in total. The summed E-state index contributed by atoms with van der Waals surface area (Å²) in [5.41, 5.74) is 2.87. The third kappa shape index (κ3) is 6.85. The SMILES string of the molecule is CC[C@H](C(=O)NC)N(Cc1ccc(Cl)cc1Cl)C(=O)CN(c1ccc(C)c(C)c1)S(C)(=O)=O. The molecule has 7 nitrogen and oxygen atoms in total. The normalized spacial score (nSPS) is 12.2. The first kappa shape index (κ1) is 27.0. The van der Waals surface area contributed by atoms with Gasteiger partial charge >= 0.3 is 0 Å². The van der Waals surface area contributed by atoms with E-state index in [9.17, 15) is 18.0 Å². The lowest BCUT2D eigenvalue weighted by Crippen LogP contribution is -2.51. The Labute approximate surface area is 205 Å². The fourth-order valence-corrected chi connectivity index (χ4v) is 4.72. The second-order valence-corrected chi connectivity index (χ2v) is 10.6. The standard InChI is InChI=1S/C23H29Cl2N3O4S/c1-6-21(23(30)26-4)27(13-17-8-9-18(24)12-20(17)25)22(29)14-28(33(5,31)32)19-10-7-15(2)16(3)11-19/h7-12,21H,6,13-14H2,1-5H3,(H,26,30)/t21-/m1/s1. The largest absolute Gasteiger partial charge is 0.357 e. The van der Waals surface area contributed by atoms with Gasteiger partial charge in [0.25, 0.3) is 0 Å². The van der Waals surface area contributed by atoms with Crippen molar-refractivity contribution < 1.29 is 18.0 Å². The highest BCUT2D eigenvalue weighted by atomic mass is 35.5. The van der Waals surface area contributed by atoms with Gasteiger partial charge in [-0.05, 0) is 61.2 Å². The number of rotatable bonds is 9. The minimum Gasteiger partial charge on any atom is -0.357 e. The molecule has 0 unspecified atom stereocenters. The lowest BCUT2D eigenvalue weighted by Gasteiger charge is -2.33. The molecule has 0 heterocycles. The highest BCUT2D eigenvalue weighted by molar-refractivity contribution is 7.92. The highest BCUT2D eigenvalue weighted by Crippen LogP contribution is 2.25. The number of hydrogen-bond acceptors (Lipinski definition) is 4. The molecule has 0 radical (unpaired) electrons. The second-order valence-electron chi connectivity index (χ2n) is 7.83. The molecule has 0 aliphatic rings. The van der Waals surface area contributed by atoms with E-state index in [0.717, 1.165) is 21.7 Å². The zero-order valence-corrected chi connectivity index (χ0v) is 21.7. The molecule has 1 atom stereocenters. The van der Waals surface area contributed by atoms with Gasteiger partial charge in [-0.1, -0.05) is 42.3 Å². The van der Waals surface area contributed by atoms with Crippen molar-refractivity contribution in [3.05, 3.63) is 63.1 Å². The van der Waals surface area contributed by atoms with Crippen LogP contribution in [0.3, 0.4) is 0 Å². The number of likely N-dealkylation sites (N-methyl/N-ethyl adjacent to an activating group) is 1. The molecular weight excluding hydrogens is 485 g/mol. The van der Waals surface area contributed by atoms with E-state index in [-0.39, 0.29) is 12.5 Å². The number of carbonyl (C=O) groups excluding carboxylic acids is 2. The Bertz CT molecular complexity index is 1140. The van der Waals surface area contributed by atoms with Crippen LogP contribution in [0.5, 0.6) is 0 Å². The van der Waals surface area contributed by atoms with Gasteiger partial charge in [0.2, 0.25) is 21.8 Å². The van der Waals surface area contributed by atoms with Crippen LogP contribution in [0.25, 0.3) is 0 Å². The molecule has 0 aliphatic heterocycles. The molecule has 2 amide bonds. The van der Waals surface area contributed by atoms with Crippen LogP contribution in [0.1, 0.15) is 30.0 Å². The topological polar surface area (TPSA) is 86.8 Å². The molecule has 0 saturated carbocycles. The summed E-state index contributed by atoms with van der Waals surface area (Å²) in [7, 11) is -2.29. The van der Waals surface area contributed by atoms with Gasteiger partial charge in [0.1, 0.15) is 12.6 Å². The molecule has 0 aromatic heterocycles. The predicted molar refractivity (Wildman–Crippen MR) is 133 cm³/mol. The Hall–Kier alpha value is -2.29. The molecule has 0 saturated heterocycles. The van der Waals surface area contributed by atoms with E-state index in [1.165, 1.54) is 11.9 Å². The summed E-state index contributed by atoms with van der Waals surface area (Å²) in [6.07, 6.45) is 1.38. The molecule has 0 spiro atoms. The van der Waals surface area contributed by atoms with Crippen LogP contribution in [0.2, 0.25) is 10.0 Å². The number of amides is 2. The summed E-state index contributed by atoms with van der Waals surface area (Å²) < 4.78 is 26.3. The number of halogens is 2. The molecule has 2 rings (SSSR count). The summed E-state index contributed by atoms with van der Waals surface area (Å²) in [4.78, 5) is 27.4. The Morgan fingerprint density at radius 1 is 1.06 bits per heavy atom. The van der Waals surface area contributed by atoms with Gasteiger partial charge in [-0.3, -0.25) is 13.9 Å².